The number of alkyl halides is 1. The summed E-state index contributed by atoms with van der Waals surface area (Å²) in [4.78, 5) is 62.1. The first kappa shape index (κ1) is 54.1. The zero-order valence-electron chi connectivity index (χ0n) is 33.9. The van der Waals surface area contributed by atoms with Crippen molar-refractivity contribution in [2.45, 2.75) is 164 Å². The third-order valence-electron chi connectivity index (χ3n) is 7.85. The quantitative estimate of drug-likeness (QED) is 0.146. The van der Waals surface area contributed by atoms with Gasteiger partial charge in [-0.1, -0.05) is 69.2 Å². The van der Waals surface area contributed by atoms with E-state index in [9.17, 15) is 33.5 Å². The van der Waals surface area contributed by atoms with E-state index in [2.05, 4.69) is 16.0 Å². The molecule has 0 aliphatic carbocycles. The molecule has 6 unspecified atom stereocenters. The number of carbonyl (C=O) groups is 5. The molecule has 4 N–H and O–H groups in total. The second-order valence-corrected chi connectivity index (χ2v) is 11.6. The number of alkyl carbamates (subject to hydrolysis) is 1. The first-order valence-electron chi connectivity index (χ1n) is 18.1. The molecular formula is C36H72FN3O10. The average Bonchev–Trinajstić information content (AvgIpc) is 3.49. The largest absolute Gasteiger partial charge is 0.462 e. The number of ether oxygens (including phenoxy) is 4. The maximum Gasteiger partial charge on any atom is 0.407 e. The standard InChI is InChI=1S/C19H26FNO8.C8H17NO2.4C2H6.CH5N/c1-10-7-18(3,28-9-22)6-5-13(23)19(4,20)16(25)27-8-12-14(11(2)15(10)24)21-17(26)29-12;1-6-4-7(9(2)3)5-8(10)11-6;5*1-2/h9-12,14H,5-8H2,1-4H3,(H,21,26);6-8,10H,4-5H2,1-3H3;4*1-2H3;2H2,1H3/t10-,11?,12?,14?,18+,19-;;;;;;/m1....../s1. The number of Topliss-reactive ketones (excluding diaryl/α,β-unsaturated/α-hetero) is 2. The predicted octanol–water partition coefficient (Wildman–Crippen LogP) is 5.37. The molecule has 3 heterocycles. The highest BCUT2D eigenvalue weighted by Gasteiger charge is 2.47. The van der Waals surface area contributed by atoms with Gasteiger partial charge in [-0.2, -0.15) is 0 Å². The molecule has 0 aromatic carbocycles. The zero-order valence-corrected chi connectivity index (χ0v) is 33.9. The summed E-state index contributed by atoms with van der Waals surface area (Å²) < 4.78 is 35.0. The highest BCUT2D eigenvalue weighted by molar-refractivity contribution is 6.06. The van der Waals surface area contributed by atoms with Gasteiger partial charge in [0.25, 0.3) is 12.1 Å². The number of nitrogens with two attached hydrogens (primary N) is 1. The highest BCUT2D eigenvalue weighted by atomic mass is 19.1. The summed E-state index contributed by atoms with van der Waals surface area (Å²) in [5.41, 5.74) is 0.371. The molecular weight excluding hydrogens is 653 g/mol. The van der Waals surface area contributed by atoms with E-state index in [1.807, 2.05) is 76.4 Å². The number of aliphatic hydroxyl groups is 1. The molecule has 50 heavy (non-hydrogen) atoms. The molecule has 0 aromatic rings. The molecule has 298 valence electrons. The van der Waals surface area contributed by atoms with Gasteiger partial charge in [-0.25, -0.2) is 14.0 Å². The highest BCUT2D eigenvalue weighted by Crippen LogP contribution is 2.32. The lowest BCUT2D eigenvalue weighted by atomic mass is 9.80. The summed E-state index contributed by atoms with van der Waals surface area (Å²) in [6.45, 7) is 23.3. The number of carbonyl (C=O) groups excluding carboxylic acids is 5. The van der Waals surface area contributed by atoms with Crippen LogP contribution < -0.4 is 11.1 Å². The molecule has 3 rings (SSSR count). The Morgan fingerprint density at radius 2 is 1.48 bits per heavy atom. The van der Waals surface area contributed by atoms with Gasteiger partial charge in [-0.05, 0) is 61.2 Å². The molecule has 3 aliphatic rings. The Morgan fingerprint density at radius 1 is 0.960 bits per heavy atom. The van der Waals surface area contributed by atoms with Crippen LogP contribution in [0.25, 0.3) is 0 Å². The van der Waals surface area contributed by atoms with Crippen molar-refractivity contribution in [3.05, 3.63) is 0 Å². The van der Waals surface area contributed by atoms with E-state index < -0.39 is 72.4 Å². The first-order valence-corrected chi connectivity index (χ1v) is 18.1. The molecule has 3 fully saturated rings. The van der Waals surface area contributed by atoms with Crippen LogP contribution in [0, 0.1) is 11.8 Å². The number of nitrogens with zero attached hydrogens (tertiary/aromatic N) is 1. The topological polar surface area (TPSA) is 184 Å². The van der Waals surface area contributed by atoms with Gasteiger partial charge in [0.05, 0.1) is 12.1 Å². The second-order valence-electron chi connectivity index (χ2n) is 11.6. The molecule has 0 radical (unpaired) electrons. The SMILES string of the molecule is CC.CC.CC.CC.CC1C(=O)[C@H](C)C[C@@](C)(OC=O)CCC(=O)[C@@](C)(F)C(=O)OCC2OC(=O)NC21.CC1CC(N(C)C)CC(O)O1.CN. The Balaban J connectivity index is -0.000000417. The van der Waals surface area contributed by atoms with Gasteiger partial charge in [0, 0.05) is 30.7 Å². The summed E-state index contributed by atoms with van der Waals surface area (Å²) >= 11 is 0. The van der Waals surface area contributed by atoms with E-state index in [-0.39, 0.29) is 31.2 Å². The van der Waals surface area contributed by atoms with Crippen molar-refractivity contribution >= 4 is 30.1 Å². The normalized spacial score (nSPS) is 32.2. The van der Waals surface area contributed by atoms with Gasteiger partial charge in [0.2, 0.25) is 0 Å². The summed E-state index contributed by atoms with van der Waals surface area (Å²) in [6, 6.07) is -0.332. The van der Waals surface area contributed by atoms with E-state index >= 15 is 0 Å². The lowest BCUT2D eigenvalue weighted by Crippen LogP contribution is -2.48. The van der Waals surface area contributed by atoms with Crippen LogP contribution in [0.3, 0.4) is 0 Å². The number of nitrogens with one attached hydrogen (secondary N) is 1. The van der Waals surface area contributed by atoms with Gasteiger partial charge < -0.3 is 40.0 Å². The number of fused-ring (bicyclic) bond motifs is 1. The van der Waals surface area contributed by atoms with Crippen LogP contribution >= 0.6 is 0 Å². The molecule has 0 spiro atoms. The molecule has 9 atom stereocenters. The smallest absolute Gasteiger partial charge is 0.407 e. The number of hydrogen-bond donors (Lipinski definition) is 3. The van der Waals surface area contributed by atoms with Crippen molar-refractivity contribution in [2.24, 2.45) is 17.6 Å². The van der Waals surface area contributed by atoms with Crippen LogP contribution in [0.1, 0.15) is 122 Å². The number of ketones is 2. The lowest BCUT2D eigenvalue weighted by molar-refractivity contribution is -0.172. The minimum absolute atomic E-state index is 0.0741. The van der Waals surface area contributed by atoms with Gasteiger partial charge >= 0.3 is 12.1 Å². The summed E-state index contributed by atoms with van der Waals surface area (Å²) in [5, 5.41) is 11.8. The van der Waals surface area contributed by atoms with Crippen molar-refractivity contribution in [2.75, 3.05) is 27.7 Å². The fourth-order valence-corrected chi connectivity index (χ4v) is 5.29. The Morgan fingerprint density at radius 3 is 1.94 bits per heavy atom. The number of cyclic esters (lactones) is 1. The molecule has 1 amide bonds. The van der Waals surface area contributed by atoms with E-state index in [0.717, 1.165) is 19.8 Å². The third kappa shape index (κ3) is 18.5. The Bertz CT molecular complexity index is 943. The van der Waals surface area contributed by atoms with Crippen molar-refractivity contribution < 1.29 is 52.4 Å². The second kappa shape index (κ2) is 29.0. The third-order valence-corrected chi connectivity index (χ3v) is 7.85. The Labute approximate surface area is 301 Å². The molecule has 0 bridgehead atoms. The number of aliphatic hydroxyl groups excluding tert-OH is 1. The van der Waals surface area contributed by atoms with E-state index in [4.69, 9.17) is 18.9 Å². The monoisotopic (exact) mass is 726 g/mol. The minimum Gasteiger partial charge on any atom is -0.462 e. The molecule has 0 saturated carbocycles. The molecule has 13 nitrogen and oxygen atoms in total. The van der Waals surface area contributed by atoms with Gasteiger partial charge in [-0.15, -0.1) is 0 Å². The summed E-state index contributed by atoms with van der Waals surface area (Å²) in [6.07, 6.45) is -0.813. The first-order chi connectivity index (χ1) is 23.5. The maximum absolute atomic E-state index is 14.8. The van der Waals surface area contributed by atoms with Gasteiger partial charge in [0.15, 0.2) is 18.2 Å². The number of amides is 1. The fraction of sp³-hybridized carbons (Fsp3) is 0.861. The van der Waals surface area contributed by atoms with Crippen molar-refractivity contribution in [1.82, 2.24) is 10.2 Å². The Hall–Kier alpha value is -2.68. The lowest BCUT2D eigenvalue weighted by Gasteiger charge is -2.34. The molecule has 3 saturated heterocycles. The number of rotatable bonds is 3. The fourth-order valence-electron chi connectivity index (χ4n) is 5.29. The van der Waals surface area contributed by atoms with E-state index in [1.54, 1.807) is 13.8 Å². The van der Waals surface area contributed by atoms with E-state index in [0.29, 0.717) is 6.04 Å². The maximum atomic E-state index is 14.8. The summed E-state index contributed by atoms with van der Waals surface area (Å²) in [5.74, 6) is -3.97. The van der Waals surface area contributed by atoms with Crippen LogP contribution in [-0.4, -0.2) is 110 Å². The van der Waals surface area contributed by atoms with E-state index in [1.165, 1.54) is 14.0 Å². The molecule has 3 aliphatic heterocycles. The number of hydrogen-bond acceptors (Lipinski definition) is 12. The predicted molar refractivity (Wildman–Crippen MR) is 194 cm³/mol. The zero-order chi connectivity index (χ0) is 40.4. The minimum atomic E-state index is -2.91. The molecule has 0 aromatic heterocycles. The van der Waals surface area contributed by atoms with Crippen LogP contribution in [0.2, 0.25) is 0 Å². The van der Waals surface area contributed by atoms with Crippen molar-refractivity contribution in [3.63, 3.8) is 0 Å². The van der Waals surface area contributed by atoms with Crippen LogP contribution in [0.4, 0.5) is 9.18 Å². The summed E-state index contributed by atoms with van der Waals surface area (Å²) in [7, 11) is 5.57. The van der Waals surface area contributed by atoms with Crippen LogP contribution in [-0.2, 0) is 38.1 Å². The molecule has 14 heteroatoms. The number of halogens is 1. The van der Waals surface area contributed by atoms with Crippen molar-refractivity contribution in [1.29, 1.82) is 0 Å². The number of esters is 1. The van der Waals surface area contributed by atoms with Crippen molar-refractivity contribution in [3.8, 4) is 0 Å². The Kier molecular flexibility index (Phi) is 31.3. The van der Waals surface area contributed by atoms with Gasteiger partial charge in [-0.3, -0.25) is 14.4 Å². The van der Waals surface area contributed by atoms with Crippen LogP contribution in [0.15, 0.2) is 0 Å². The average molecular weight is 726 g/mol. The van der Waals surface area contributed by atoms with Gasteiger partial charge in [0.1, 0.15) is 18.0 Å². The van der Waals surface area contributed by atoms with Crippen LogP contribution in [0.5, 0.6) is 0 Å².